The summed E-state index contributed by atoms with van der Waals surface area (Å²) in [5.41, 5.74) is 0. The number of hydrogen-bond donors (Lipinski definition) is 0. The molecule has 0 aliphatic carbocycles. The fourth-order valence-electron chi connectivity index (χ4n) is 0.555. The Kier molecular flexibility index (Phi) is 4.29. The van der Waals surface area contributed by atoms with E-state index in [2.05, 4.69) is 16.4 Å². The standard InChI is InChI=1S/C6H10N3.Y/c1-5(2)9-4-7-6(3)8-9;/h5H,1-3H3;/q-1;. The summed E-state index contributed by atoms with van der Waals surface area (Å²) in [6.07, 6.45) is 2.76. The van der Waals surface area contributed by atoms with Crippen molar-refractivity contribution >= 4 is 0 Å². The molecule has 1 rings (SSSR count). The van der Waals surface area contributed by atoms with Gasteiger partial charge in [-0.3, -0.25) is 5.10 Å². The van der Waals surface area contributed by atoms with Crippen LogP contribution in [-0.2, 0) is 32.7 Å². The average Bonchev–Trinajstić information content (AvgIpc) is 2.14. The first-order chi connectivity index (χ1) is 4.20. The molecule has 0 aliphatic rings. The van der Waals surface area contributed by atoms with Gasteiger partial charge >= 0.3 is 0 Å². The van der Waals surface area contributed by atoms with Gasteiger partial charge in [0, 0.05) is 38.8 Å². The summed E-state index contributed by atoms with van der Waals surface area (Å²) >= 11 is 0. The maximum atomic E-state index is 4.06. The van der Waals surface area contributed by atoms with Crippen molar-refractivity contribution in [2.45, 2.75) is 26.8 Å². The van der Waals surface area contributed by atoms with Gasteiger partial charge in [0.2, 0.25) is 0 Å². The minimum absolute atomic E-state index is 0. The molecule has 53 valence electrons. The SMILES string of the molecule is Cc1n[c-]n(C(C)C)n1.[Y]. The van der Waals surface area contributed by atoms with E-state index >= 15 is 0 Å². The molecular formula is C6H10N3Y-. The molecular weight excluding hydrogens is 203 g/mol. The normalized spacial score (nSPS) is 9.60. The number of rotatable bonds is 1. The third-order valence-electron chi connectivity index (χ3n) is 1.06. The van der Waals surface area contributed by atoms with E-state index in [9.17, 15) is 0 Å². The van der Waals surface area contributed by atoms with E-state index in [1.54, 1.807) is 4.68 Å². The largest absolute Gasteiger partial charge is 0.418 e. The van der Waals surface area contributed by atoms with Gasteiger partial charge in [0.15, 0.2) is 0 Å². The molecule has 0 spiro atoms. The van der Waals surface area contributed by atoms with Crippen LogP contribution in [0.3, 0.4) is 0 Å². The third-order valence-corrected chi connectivity index (χ3v) is 1.06. The molecule has 0 atom stereocenters. The van der Waals surface area contributed by atoms with Gasteiger partial charge in [-0.25, -0.2) is 0 Å². The quantitative estimate of drug-likeness (QED) is 0.650. The molecule has 0 unspecified atom stereocenters. The first-order valence-electron chi connectivity index (χ1n) is 3.01. The monoisotopic (exact) mass is 213 g/mol. The molecule has 0 amide bonds. The molecule has 0 fully saturated rings. The van der Waals surface area contributed by atoms with Crippen LogP contribution in [0.2, 0.25) is 0 Å². The van der Waals surface area contributed by atoms with Crippen molar-refractivity contribution in [3.8, 4) is 0 Å². The van der Waals surface area contributed by atoms with Crippen molar-refractivity contribution in [1.82, 2.24) is 14.8 Å². The van der Waals surface area contributed by atoms with Crippen LogP contribution in [0.25, 0.3) is 0 Å². The van der Waals surface area contributed by atoms with Crippen LogP contribution in [0.5, 0.6) is 0 Å². The van der Waals surface area contributed by atoms with E-state index in [0.29, 0.717) is 6.04 Å². The molecule has 1 heterocycles. The zero-order valence-corrected chi connectivity index (χ0v) is 9.33. The van der Waals surface area contributed by atoms with Gasteiger partial charge in [0.05, 0.1) is 0 Å². The van der Waals surface area contributed by atoms with Gasteiger partial charge < -0.3 is 9.67 Å². The van der Waals surface area contributed by atoms with Crippen molar-refractivity contribution in [2.24, 2.45) is 0 Å². The zero-order chi connectivity index (χ0) is 6.85. The van der Waals surface area contributed by atoms with Crippen LogP contribution >= 0.6 is 0 Å². The van der Waals surface area contributed by atoms with Crippen LogP contribution in [0, 0.1) is 13.3 Å². The van der Waals surface area contributed by atoms with Crippen molar-refractivity contribution in [3.05, 3.63) is 12.2 Å². The summed E-state index contributed by atoms with van der Waals surface area (Å²) in [5, 5.41) is 4.06. The van der Waals surface area contributed by atoms with Gasteiger partial charge in [-0.05, 0) is 26.0 Å². The Morgan fingerprint density at radius 3 is 2.30 bits per heavy atom. The van der Waals surface area contributed by atoms with E-state index in [1.807, 2.05) is 20.8 Å². The van der Waals surface area contributed by atoms with Crippen molar-refractivity contribution in [2.75, 3.05) is 0 Å². The fourth-order valence-corrected chi connectivity index (χ4v) is 0.555. The van der Waals surface area contributed by atoms with Crippen LogP contribution in [-0.4, -0.2) is 14.8 Å². The maximum absolute atomic E-state index is 4.06. The average molecular weight is 213 g/mol. The van der Waals surface area contributed by atoms with Crippen molar-refractivity contribution < 1.29 is 32.7 Å². The molecule has 1 radical (unpaired) electrons. The Labute approximate surface area is 86.1 Å². The molecule has 1 aromatic rings. The number of aromatic nitrogens is 3. The predicted octanol–water partition coefficient (Wildman–Crippen LogP) is 0.965. The Bertz CT molecular complexity index is 195. The van der Waals surface area contributed by atoms with E-state index in [0.717, 1.165) is 5.82 Å². The van der Waals surface area contributed by atoms with E-state index in [4.69, 9.17) is 0 Å². The molecule has 0 saturated heterocycles. The maximum Gasteiger partial charge on any atom is 0.0263 e. The van der Waals surface area contributed by atoms with Gasteiger partial charge in [-0.2, -0.15) is 0 Å². The Balaban J connectivity index is 0.000000810. The second-order valence-corrected chi connectivity index (χ2v) is 2.30. The van der Waals surface area contributed by atoms with Crippen LogP contribution in [0.1, 0.15) is 25.7 Å². The second-order valence-electron chi connectivity index (χ2n) is 2.30. The number of aryl methyl sites for hydroxylation is 1. The first kappa shape index (κ1) is 10.2. The van der Waals surface area contributed by atoms with E-state index in [-0.39, 0.29) is 32.7 Å². The summed E-state index contributed by atoms with van der Waals surface area (Å²) in [5.74, 6) is 0.781. The molecule has 3 nitrogen and oxygen atoms in total. The Morgan fingerprint density at radius 1 is 1.50 bits per heavy atom. The summed E-state index contributed by atoms with van der Waals surface area (Å²) in [6.45, 7) is 5.95. The summed E-state index contributed by atoms with van der Waals surface area (Å²) < 4.78 is 1.72. The second kappa shape index (κ2) is 4.19. The van der Waals surface area contributed by atoms with Crippen molar-refractivity contribution in [1.29, 1.82) is 0 Å². The Hall–Kier alpha value is 0.244. The third kappa shape index (κ3) is 2.47. The van der Waals surface area contributed by atoms with Crippen LogP contribution in [0.4, 0.5) is 0 Å². The predicted molar refractivity (Wildman–Crippen MR) is 34.0 cm³/mol. The topological polar surface area (TPSA) is 30.7 Å². The van der Waals surface area contributed by atoms with Crippen molar-refractivity contribution in [3.63, 3.8) is 0 Å². The molecule has 4 heteroatoms. The Morgan fingerprint density at radius 2 is 2.10 bits per heavy atom. The summed E-state index contributed by atoms with van der Waals surface area (Å²) in [7, 11) is 0. The fraction of sp³-hybridized carbons (Fsp3) is 0.667. The number of hydrogen-bond acceptors (Lipinski definition) is 2. The van der Waals surface area contributed by atoms with Crippen LogP contribution in [0.15, 0.2) is 0 Å². The first-order valence-corrected chi connectivity index (χ1v) is 3.01. The van der Waals surface area contributed by atoms with Gasteiger partial charge in [0.1, 0.15) is 0 Å². The van der Waals surface area contributed by atoms with E-state index < -0.39 is 0 Å². The summed E-state index contributed by atoms with van der Waals surface area (Å²) in [4.78, 5) is 3.86. The smallest absolute Gasteiger partial charge is 0.0263 e. The molecule has 0 N–H and O–H groups in total. The molecule has 0 aromatic carbocycles. The molecule has 10 heavy (non-hydrogen) atoms. The van der Waals surface area contributed by atoms with Gasteiger partial charge in [0.25, 0.3) is 0 Å². The zero-order valence-electron chi connectivity index (χ0n) is 6.50. The van der Waals surface area contributed by atoms with Gasteiger partial charge in [-0.15, -0.1) is 0 Å². The molecule has 0 aliphatic heterocycles. The summed E-state index contributed by atoms with van der Waals surface area (Å²) in [6, 6.07) is 0.367. The molecule has 1 aromatic heterocycles. The van der Waals surface area contributed by atoms with Gasteiger partial charge in [-0.1, -0.05) is 6.92 Å². The van der Waals surface area contributed by atoms with E-state index in [1.165, 1.54) is 0 Å². The molecule has 0 saturated carbocycles. The molecule has 0 bridgehead atoms. The minimum Gasteiger partial charge on any atom is -0.418 e. The minimum atomic E-state index is 0. The number of nitrogens with zero attached hydrogens (tertiary/aromatic N) is 3. The van der Waals surface area contributed by atoms with Crippen LogP contribution < -0.4 is 0 Å².